The van der Waals surface area contributed by atoms with Gasteiger partial charge in [0.25, 0.3) is 5.91 Å². The van der Waals surface area contributed by atoms with Gasteiger partial charge in [-0.05, 0) is 62.5 Å². The second-order valence-electron chi connectivity index (χ2n) is 4.80. The number of benzene rings is 1. The Morgan fingerprint density at radius 1 is 1.39 bits per heavy atom. The molecule has 1 heterocycles. The van der Waals surface area contributed by atoms with Gasteiger partial charge in [0.2, 0.25) is 0 Å². The maximum absolute atomic E-state index is 11.8. The molecule has 98 valence electrons. The Kier molecular flexibility index (Phi) is 4.59. The minimum absolute atomic E-state index is 0.0706. The van der Waals surface area contributed by atoms with Gasteiger partial charge in [-0.1, -0.05) is 0 Å². The summed E-state index contributed by atoms with van der Waals surface area (Å²) in [6.07, 6.45) is 3.51. The van der Waals surface area contributed by atoms with Gasteiger partial charge < -0.3 is 15.7 Å². The molecule has 0 bridgehead atoms. The summed E-state index contributed by atoms with van der Waals surface area (Å²) in [7, 11) is 0. The van der Waals surface area contributed by atoms with Crippen molar-refractivity contribution in [3.05, 3.63) is 29.8 Å². The molecule has 0 saturated carbocycles. The lowest BCUT2D eigenvalue weighted by molar-refractivity contribution is 0.0950. The fourth-order valence-corrected chi connectivity index (χ4v) is 2.28. The van der Waals surface area contributed by atoms with Crippen LogP contribution in [0.1, 0.15) is 29.6 Å². The zero-order chi connectivity index (χ0) is 12.8. The first kappa shape index (κ1) is 12.9. The molecule has 1 aliphatic rings. The highest BCUT2D eigenvalue weighted by atomic mass is 16.3. The van der Waals surface area contributed by atoms with Crippen molar-refractivity contribution in [3.8, 4) is 5.75 Å². The molecule has 1 aliphatic heterocycles. The van der Waals surface area contributed by atoms with E-state index in [1.165, 1.54) is 25.0 Å². The average molecular weight is 248 g/mol. The largest absolute Gasteiger partial charge is 0.508 e. The van der Waals surface area contributed by atoms with Gasteiger partial charge in [-0.25, -0.2) is 0 Å². The molecule has 3 N–H and O–H groups in total. The summed E-state index contributed by atoms with van der Waals surface area (Å²) >= 11 is 0. The van der Waals surface area contributed by atoms with Crippen molar-refractivity contribution in [1.29, 1.82) is 0 Å². The van der Waals surface area contributed by atoms with Crippen molar-refractivity contribution in [2.45, 2.75) is 19.3 Å². The van der Waals surface area contributed by atoms with E-state index < -0.39 is 0 Å². The van der Waals surface area contributed by atoms with Gasteiger partial charge >= 0.3 is 0 Å². The van der Waals surface area contributed by atoms with Gasteiger partial charge in [0.1, 0.15) is 5.75 Å². The van der Waals surface area contributed by atoms with Crippen molar-refractivity contribution in [3.63, 3.8) is 0 Å². The summed E-state index contributed by atoms with van der Waals surface area (Å²) in [6, 6.07) is 6.32. The van der Waals surface area contributed by atoms with Crippen molar-refractivity contribution in [2.24, 2.45) is 5.92 Å². The number of carbonyl (C=O) groups is 1. The second kappa shape index (κ2) is 6.40. The molecule has 4 nitrogen and oxygen atoms in total. The third kappa shape index (κ3) is 3.74. The van der Waals surface area contributed by atoms with E-state index >= 15 is 0 Å². The van der Waals surface area contributed by atoms with Crippen LogP contribution < -0.4 is 10.6 Å². The molecule has 1 unspecified atom stereocenters. The molecule has 1 amide bonds. The number of carbonyl (C=O) groups excluding carboxylic acids is 1. The molecule has 1 atom stereocenters. The fraction of sp³-hybridized carbons (Fsp3) is 0.500. The molecular weight excluding hydrogens is 228 g/mol. The average Bonchev–Trinajstić information content (AvgIpc) is 2.40. The number of piperidine rings is 1. The maximum atomic E-state index is 11.8. The van der Waals surface area contributed by atoms with Crippen LogP contribution in [-0.2, 0) is 0 Å². The number of aromatic hydroxyl groups is 1. The van der Waals surface area contributed by atoms with Gasteiger partial charge in [0.15, 0.2) is 0 Å². The van der Waals surface area contributed by atoms with E-state index in [1.807, 2.05) is 0 Å². The molecule has 0 radical (unpaired) electrons. The number of hydrogen-bond acceptors (Lipinski definition) is 3. The van der Waals surface area contributed by atoms with Crippen molar-refractivity contribution in [1.82, 2.24) is 10.6 Å². The molecular formula is C14H20N2O2. The summed E-state index contributed by atoms with van der Waals surface area (Å²) in [5.74, 6) is 0.789. The van der Waals surface area contributed by atoms with E-state index in [9.17, 15) is 4.79 Å². The first-order valence-corrected chi connectivity index (χ1v) is 6.53. The van der Waals surface area contributed by atoms with E-state index in [-0.39, 0.29) is 11.7 Å². The highest BCUT2D eigenvalue weighted by molar-refractivity contribution is 5.94. The smallest absolute Gasteiger partial charge is 0.251 e. The molecule has 4 heteroatoms. The Labute approximate surface area is 107 Å². The number of phenolic OH excluding ortho intramolecular Hbond substituents is 1. The molecule has 1 saturated heterocycles. The van der Waals surface area contributed by atoms with Crippen LogP contribution in [0.25, 0.3) is 0 Å². The zero-order valence-electron chi connectivity index (χ0n) is 10.5. The topological polar surface area (TPSA) is 61.4 Å². The third-order valence-electron chi connectivity index (χ3n) is 3.37. The van der Waals surface area contributed by atoms with Crippen molar-refractivity contribution >= 4 is 5.91 Å². The lowest BCUT2D eigenvalue weighted by Crippen LogP contribution is -2.33. The molecule has 1 fully saturated rings. The normalized spacial score (nSPS) is 19.4. The molecule has 0 aliphatic carbocycles. The molecule has 2 rings (SSSR count). The van der Waals surface area contributed by atoms with Crippen LogP contribution in [0.4, 0.5) is 0 Å². The first-order chi connectivity index (χ1) is 8.75. The van der Waals surface area contributed by atoms with E-state index in [1.54, 1.807) is 12.1 Å². The SMILES string of the molecule is O=C(NCCC1CCCNC1)c1ccc(O)cc1. The van der Waals surface area contributed by atoms with Crippen LogP contribution in [0.2, 0.25) is 0 Å². The summed E-state index contributed by atoms with van der Waals surface area (Å²) in [5.41, 5.74) is 0.592. The van der Waals surface area contributed by atoms with Crippen molar-refractivity contribution in [2.75, 3.05) is 19.6 Å². The summed E-state index contributed by atoms with van der Waals surface area (Å²) in [6.45, 7) is 2.90. The second-order valence-corrected chi connectivity index (χ2v) is 4.80. The summed E-state index contributed by atoms with van der Waals surface area (Å²) in [4.78, 5) is 11.8. The van der Waals surface area contributed by atoms with Gasteiger partial charge in [-0.2, -0.15) is 0 Å². The quantitative estimate of drug-likeness (QED) is 0.757. The van der Waals surface area contributed by atoms with E-state index in [4.69, 9.17) is 5.11 Å². The van der Waals surface area contributed by atoms with Crippen LogP contribution in [-0.4, -0.2) is 30.6 Å². The zero-order valence-corrected chi connectivity index (χ0v) is 10.5. The molecule has 1 aromatic rings. The van der Waals surface area contributed by atoms with Crippen LogP contribution in [0.15, 0.2) is 24.3 Å². The number of hydrogen-bond donors (Lipinski definition) is 3. The Morgan fingerprint density at radius 3 is 2.83 bits per heavy atom. The predicted octanol–water partition coefficient (Wildman–Crippen LogP) is 1.51. The van der Waals surface area contributed by atoms with E-state index in [0.29, 0.717) is 18.0 Å². The van der Waals surface area contributed by atoms with Gasteiger partial charge in [-0.15, -0.1) is 0 Å². The summed E-state index contributed by atoms with van der Waals surface area (Å²) < 4.78 is 0. The van der Waals surface area contributed by atoms with Crippen LogP contribution >= 0.6 is 0 Å². The van der Waals surface area contributed by atoms with Gasteiger partial charge in [0, 0.05) is 12.1 Å². The molecule has 18 heavy (non-hydrogen) atoms. The number of nitrogens with one attached hydrogen (secondary N) is 2. The standard InChI is InChI=1S/C14H20N2O2/c17-13-5-3-12(4-6-13)14(18)16-9-7-11-2-1-8-15-10-11/h3-6,11,15,17H,1-2,7-10H2,(H,16,18). The predicted molar refractivity (Wildman–Crippen MR) is 70.7 cm³/mol. The number of rotatable bonds is 4. The maximum Gasteiger partial charge on any atom is 0.251 e. The van der Waals surface area contributed by atoms with E-state index in [0.717, 1.165) is 19.5 Å². The Balaban J connectivity index is 1.72. The van der Waals surface area contributed by atoms with Gasteiger partial charge in [-0.3, -0.25) is 4.79 Å². The van der Waals surface area contributed by atoms with Crippen LogP contribution in [0.3, 0.4) is 0 Å². The monoisotopic (exact) mass is 248 g/mol. The minimum Gasteiger partial charge on any atom is -0.508 e. The molecule has 0 spiro atoms. The van der Waals surface area contributed by atoms with Crippen LogP contribution in [0.5, 0.6) is 5.75 Å². The first-order valence-electron chi connectivity index (χ1n) is 6.53. The lowest BCUT2D eigenvalue weighted by Gasteiger charge is -2.22. The van der Waals surface area contributed by atoms with Crippen molar-refractivity contribution < 1.29 is 9.90 Å². The third-order valence-corrected chi connectivity index (χ3v) is 3.37. The van der Waals surface area contributed by atoms with Crippen LogP contribution in [0, 0.1) is 5.92 Å². The highest BCUT2D eigenvalue weighted by Crippen LogP contribution is 2.13. The highest BCUT2D eigenvalue weighted by Gasteiger charge is 2.13. The molecule has 0 aromatic heterocycles. The Bertz CT molecular complexity index is 383. The summed E-state index contributed by atoms with van der Waals surface area (Å²) in [5, 5.41) is 15.4. The Morgan fingerprint density at radius 2 is 2.17 bits per heavy atom. The Hall–Kier alpha value is -1.55. The minimum atomic E-state index is -0.0706. The lowest BCUT2D eigenvalue weighted by atomic mass is 9.96. The fourth-order valence-electron chi connectivity index (χ4n) is 2.28. The van der Waals surface area contributed by atoms with Gasteiger partial charge in [0.05, 0.1) is 0 Å². The molecule has 1 aromatic carbocycles. The number of amides is 1. The number of phenols is 1. The van der Waals surface area contributed by atoms with E-state index in [2.05, 4.69) is 10.6 Å².